The van der Waals surface area contributed by atoms with E-state index in [1.165, 1.54) is 14.0 Å². The van der Waals surface area contributed by atoms with Crippen molar-refractivity contribution < 1.29 is 18.3 Å². The molecule has 0 aliphatic carbocycles. The first kappa shape index (κ1) is 12.0. The van der Waals surface area contributed by atoms with Crippen LogP contribution in [0.2, 0.25) is 0 Å². The Bertz CT molecular complexity index is 396. The maximum Gasteiger partial charge on any atom is 0.340 e. The number of carbonyl (C=O) groups is 1. The van der Waals surface area contributed by atoms with Gasteiger partial charge in [0, 0.05) is 11.3 Å². The van der Waals surface area contributed by atoms with Crippen molar-refractivity contribution in [2.75, 3.05) is 7.11 Å². The zero-order chi connectivity index (χ0) is 11.6. The second kappa shape index (κ2) is 4.65. The van der Waals surface area contributed by atoms with Crippen LogP contribution in [0.25, 0.3) is 0 Å². The number of esters is 1. The SMILES string of the molecule is COC(=O)c1cc(C(F)F)c(C)nc1Br. The smallest absolute Gasteiger partial charge is 0.340 e. The average Bonchev–Trinajstić information content (AvgIpc) is 2.16. The average molecular weight is 280 g/mol. The van der Waals surface area contributed by atoms with Crippen molar-refractivity contribution in [3.63, 3.8) is 0 Å². The van der Waals surface area contributed by atoms with E-state index < -0.39 is 12.4 Å². The van der Waals surface area contributed by atoms with Crippen molar-refractivity contribution in [1.82, 2.24) is 4.98 Å². The molecule has 1 aromatic heterocycles. The number of carbonyl (C=O) groups excluding carboxylic acids is 1. The Morgan fingerprint density at radius 3 is 2.67 bits per heavy atom. The zero-order valence-electron chi connectivity index (χ0n) is 8.05. The number of hydrogen-bond donors (Lipinski definition) is 0. The summed E-state index contributed by atoms with van der Waals surface area (Å²) in [6.45, 7) is 1.45. The van der Waals surface area contributed by atoms with E-state index >= 15 is 0 Å². The lowest BCUT2D eigenvalue weighted by Gasteiger charge is -2.08. The van der Waals surface area contributed by atoms with Crippen LogP contribution in [0.3, 0.4) is 0 Å². The summed E-state index contributed by atoms with van der Waals surface area (Å²) in [5.74, 6) is -0.698. The van der Waals surface area contributed by atoms with E-state index in [2.05, 4.69) is 25.7 Å². The highest BCUT2D eigenvalue weighted by atomic mass is 79.9. The first-order chi connectivity index (χ1) is 6.97. The lowest BCUT2D eigenvalue weighted by atomic mass is 10.1. The van der Waals surface area contributed by atoms with Crippen LogP contribution < -0.4 is 0 Å². The third-order valence-corrected chi connectivity index (χ3v) is 2.45. The minimum atomic E-state index is -2.66. The lowest BCUT2D eigenvalue weighted by molar-refractivity contribution is 0.0598. The molecular weight excluding hydrogens is 272 g/mol. The van der Waals surface area contributed by atoms with Crippen LogP contribution in [0, 0.1) is 6.92 Å². The number of halogens is 3. The molecule has 0 amide bonds. The molecule has 0 N–H and O–H groups in total. The van der Waals surface area contributed by atoms with Crippen molar-refractivity contribution in [3.8, 4) is 0 Å². The number of rotatable bonds is 2. The topological polar surface area (TPSA) is 39.2 Å². The predicted molar refractivity (Wildman–Crippen MR) is 53.0 cm³/mol. The molecule has 6 heteroatoms. The molecule has 1 heterocycles. The van der Waals surface area contributed by atoms with Crippen LogP contribution in [0.1, 0.15) is 28.0 Å². The molecule has 0 atom stereocenters. The molecule has 0 aromatic carbocycles. The summed E-state index contributed by atoms with van der Waals surface area (Å²) in [6.07, 6.45) is -2.66. The number of methoxy groups -OCH3 is 1. The van der Waals surface area contributed by atoms with Crippen molar-refractivity contribution in [3.05, 3.63) is 27.5 Å². The molecule has 0 unspecified atom stereocenters. The number of nitrogens with zero attached hydrogens (tertiary/aromatic N) is 1. The Balaban J connectivity index is 3.29. The van der Waals surface area contributed by atoms with Crippen LogP contribution in [-0.4, -0.2) is 18.1 Å². The Hall–Kier alpha value is -1.04. The van der Waals surface area contributed by atoms with Gasteiger partial charge in [-0.3, -0.25) is 0 Å². The number of alkyl halides is 2. The van der Waals surface area contributed by atoms with Gasteiger partial charge in [-0.25, -0.2) is 18.6 Å². The second-order valence-electron chi connectivity index (χ2n) is 2.79. The van der Waals surface area contributed by atoms with Crippen molar-refractivity contribution in [1.29, 1.82) is 0 Å². The molecule has 0 saturated carbocycles. The van der Waals surface area contributed by atoms with Gasteiger partial charge in [-0.05, 0) is 28.9 Å². The van der Waals surface area contributed by atoms with Gasteiger partial charge in [0.25, 0.3) is 6.43 Å². The fourth-order valence-electron chi connectivity index (χ4n) is 1.07. The lowest BCUT2D eigenvalue weighted by Crippen LogP contribution is -2.06. The third kappa shape index (κ3) is 2.50. The molecule has 0 bridgehead atoms. The van der Waals surface area contributed by atoms with Gasteiger partial charge in [-0.2, -0.15) is 0 Å². The quantitative estimate of drug-likeness (QED) is 0.617. The summed E-state index contributed by atoms with van der Waals surface area (Å²) in [4.78, 5) is 15.0. The summed E-state index contributed by atoms with van der Waals surface area (Å²) in [5.41, 5.74) is -0.0819. The minimum absolute atomic E-state index is 0.00148. The van der Waals surface area contributed by atoms with Gasteiger partial charge in [0.15, 0.2) is 0 Å². The Morgan fingerprint density at radius 2 is 2.20 bits per heavy atom. The molecule has 0 spiro atoms. The van der Waals surface area contributed by atoms with Gasteiger partial charge in [0.05, 0.1) is 12.7 Å². The maximum absolute atomic E-state index is 12.5. The first-order valence-electron chi connectivity index (χ1n) is 4.01. The van der Waals surface area contributed by atoms with Gasteiger partial charge < -0.3 is 4.74 Å². The Morgan fingerprint density at radius 1 is 1.60 bits per heavy atom. The van der Waals surface area contributed by atoms with Gasteiger partial charge in [0.2, 0.25) is 0 Å². The van der Waals surface area contributed by atoms with Crippen molar-refractivity contribution >= 4 is 21.9 Å². The molecule has 0 aliphatic heterocycles. The summed E-state index contributed by atoms with van der Waals surface area (Å²) in [5, 5.41) is 0. The van der Waals surface area contributed by atoms with Crippen LogP contribution >= 0.6 is 15.9 Å². The highest BCUT2D eigenvalue weighted by Gasteiger charge is 2.19. The van der Waals surface area contributed by atoms with E-state index in [4.69, 9.17) is 0 Å². The minimum Gasteiger partial charge on any atom is -0.465 e. The third-order valence-electron chi connectivity index (χ3n) is 1.85. The fourth-order valence-corrected chi connectivity index (χ4v) is 1.61. The van der Waals surface area contributed by atoms with Crippen molar-refractivity contribution in [2.45, 2.75) is 13.3 Å². The molecule has 0 aliphatic rings. The number of aromatic nitrogens is 1. The van der Waals surface area contributed by atoms with E-state index in [1.807, 2.05) is 0 Å². The van der Waals surface area contributed by atoms with E-state index in [-0.39, 0.29) is 21.4 Å². The monoisotopic (exact) mass is 279 g/mol. The number of ether oxygens (including phenoxy) is 1. The fraction of sp³-hybridized carbons (Fsp3) is 0.333. The largest absolute Gasteiger partial charge is 0.465 e. The van der Waals surface area contributed by atoms with Crippen LogP contribution in [0.15, 0.2) is 10.7 Å². The molecule has 3 nitrogen and oxygen atoms in total. The van der Waals surface area contributed by atoms with E-state index in [0.29, 0.717) is 0 Å². The van der Waals surface area contributed by atoms with Gasteiger partial charge in [-0.15, -0.1) is 0 Å². The number of hydrogen-bond acceptors (Lipinski definition) is 3. The van der Waals surface area contributed by atoms with E-state index in [1.54, 1.807) is 0 Å². The Kier molecular flexibility index (Phi) is 3.73. The summed E-state index contributed by atoms with van der Waals surface area (Å²) in [6, 6.07) is 1.09. The van der Waals surface area contributed by atoms with Gasteiger partial charge in [-0.1, -0.05) is 0 Å². The highest BCUT2D eigenvalue weighted by molar-refractivity contribution is 9.10. The maximum atomic E-state index is 12.5. The van der Waals surface area contributed by atoms with E-state index in [0.717, 1.165) is 6.07 Å². The normalized spacial score (nSPS) is 10.5. The summed E-state index contributed by atoms with van der Waals surface area (Å²) < 4.78 is 29.6. The molecule has 1 rings (SSSR count). The van der Waals surface area contributed by atoms with Crippen LogP contribution in [0.5, 0.6) is 0 Å². The first-order valence-corrected chi connectivity index (χ1v) is 4.80. The standard InChI is InChI=1S/C9H8BrF2NO2/c1-4-5(8(11)12)3-6(7(10)13-4)9(14)15-2/h3,8H,1-2H3. The molecule has 0 saturated heterocycles. The van der Waals surface area contributed by atoms with Gasteiger partial charge >= 0.3 is 5.97 Å². The molecule has 82 valence electrons. The molecule has 0 radical (unpaired) electrons. The van der Waals surface area contributed by atoms with E-state index in [9.17, 15) is 13.6 Å². The van der Waals surface area contributed by atoms with Crippen LogP contribution in [0.4, 0.5) is 8.78 Å². The van der Waals surface area contributed by atoms with Crippen LogP contribution in [-0.2, 0) is 4.74 Å². The predicted octanol–water partition coefficient (Wildman–Crippen LogP) is 2.88. The molecule has 0 fully saturated rings. The van der Waals surface area contributed by atoms with Gasteiger partial charge in [0.1, 0.15) is 4.60 Å². The second-order valence-corrected chi connectivity index (χ2v) is 3.54. The Labute approximate surface area is 93.6 Å². The highest BCUT2D eigenvalue weighted by Crippen LogP contribution is 2.26. The molecular formula is C9H8BrF2NO2. The zero-order valence-corrected chi connectivity index (χ0v) is 9.64. The summed E-state index contributed by atoms with van der Waals surface area (Å²) in [7, 11) is 1.18. The number of pyridine rings is 1. The van der Waals surface area contributed by atoms with Crippen molar-refractivity contribution in [2.24, 2.45) is 0 Å². The molecule has 15 heavy (non-hydrogen) atoms. The summed E-state index contributed by atoms with van der Waals surface area (Å²) >= 11 is 3.01. The molecule has 1 aromatic rings. The number of aryl methyl sites for hydroxylation is 1.